The largest absolute Gasteiger partial charge is 0.396 e. The van der Waals surface area contributed by atoms with Gasteiger partial charge in [-0.05, 0) is 43.5 Å². The summed E-state index contributed by atoms with van der Waals surface area (Å²) in [6, 6.07) is 10.7. The molecule has 2 rings (SSSR count). The zero-order valence-corrected chi connectivity index (χ0v) is 11.9. The maximum atomic E-state index is 8.88. The molecule has 1 aromatic carbocycles. The fourth-order valence-corrected chi connectivity index (χ4v) is 2.44. The van der Waals surface area contributed by atoms with Gasteiger partial charge in [-0.1, -0.05) is 12.1 Å². The fraction of sp³-hybridized carbons (Fsp3) is 0.438. The standard InChI is InChI=1S/C16H23N3O/c1-12(4-3-9-20)19-16(11-17)14-6-7-15-13(10-14)5-2-8-18-15/h2,5-8,10,12,16,19-20H,3-4,9,11,17H2,1H3. The summed E-state index contributed by atoms with van der Waals surface area (Å²) in [6.45, 7) is 2.91. The lowest BCUT2D eigenvalue weighted by atomic mass is 10.0. The van der Waals surface area contributed by atoms with Gasteiger partial charge in [0.15, 0.2) is 0 Å². The third kappa shape index (κ3) is 3.76. The summed E-state index contributed by atoms with van der Waals surface area (Å²) in [4.78, 5) is 4.33. The highest BCUT2D eigenvalue weighted by molar-refractivity contribution is 5.79. The van der Waals surface area contributed by atoms with E-state index in [4.69, 9.17) is 10.8 Å². The Bertz CT molecular complexity index is 544. The van der Waals surface area contributed by atoms with Crippen LogP contribution in [0.15, 0.2) is 36.5 Å². The molecule has 0 fully saturated rings. The van der Waals surface area contributed by atoms with Crippen molar-refractivity contribution in [1.82, 2.24) is 10.3 Å². The van der Waals surface area contributed by atoms with Gasteiger partial charge in [-0.25, -0.2) is 0 Å². The van der Waals surface area contributed by atoms with Gasteiger partial charge in [-0.3, -0.25) is 4.98 Å². The Morgan fingerprint density at radius 1 is 1.35 bits per heavy atom. The molecule has 0 aliphatic heterocycles. The molecule has 4 heteroatoms. The van der Waals surface area contributed by atoms with Crippen LogP contribution >= 0.6 is 0 Å². The molecule has 2 unspecified atom stereocenters. The monoisotopic (exact) mass is 273 g/mol. The van der Waals surface area contributed by atoms with Crippen LogP contribution in [0, 0.1) is 0 Å². The van der Waals surface area contributed by atoms with E-state index in [0.29, 0.717) is 12.6 Å². The van der Waals surface area contributed by atoms with Gasteiger partial charge in [-0.15, -0.1) is 0 Å². The van der Waals surface area contributed by atoms with Gasteiger partial charge >= 0.3 is 0 Å². The molecule has 2 atom stereocenters. The predicted octanol–water partition coefficient (Wildman–Crippen LogP) is 1.99. The first kappa shape index (κ1) is 14.9. The van der Waals surface area contributed by atoms with Crippen molar-refractivity contribution in [1.29, 1.82) is 0 Å². The molecule has 4 N–H and O–H groups in total. The Kier molecular flexibility index (Phi) is 5.47. The highest BCUT2D eigenvalue weighted by Gasteiger charge is 2.13. The first-order valence-corrected chi connectivity index (χ1v) is 7.16. The number of nitrogens with zero attached hydrogens (tertiary/aromatic N) is 1. The van der Waals surface area contributed by atoms with E-state index >= 15 is 0 Å². The van der Waals surface area contributed by atoms with Crippen molar-refractivity contribution < 1.29 is 5.11 Å². The summed E-state index contributed by atoms with van der Waals surface area (Å²) >= 11 is 0. The van der Waals surface area contributed by atoms with Gasteiger partial charge in [-0.2, -0.15) is 0 Å². The summed E-state index contributed by atoms with van der Waals surface area (Å²) in [5.74, 6) is 0. The summed E-state index contributed by atoms with van der Waals surface area (Å²) < 4.78 is 0. The van der Waals surface area contributed by atoms with E-state index in [1.807, 2.05) is 12.1 Å². The molecule has 2 aromatic rings. The van der Waals surface area contributed by atoms with Gasteiger partial charge in [0.1, 0.15) is 0 Å². The third-order valence-electron chi connectivity index (χ3n) is 3.55. The molecular weight excluding hydrogens is 250 g/mol. The Morgan fingerprint density at radius 2 is 2.20 bits per heavy atom. The second kappa shape index (κ2) is 7.33. The molecule has 4 nitrogen and oxygen atoms in total. The van der Waals surface area contributed by atoms with E-state index in [9.17, 15) is 0 Å². The fourth-order valence-electron chi connectivity index (χ4n) is 2.44. The van der Waals surface area contributed by atoms with E-state index in [0.717, 1.165) is 23.7 Å². The van der Waals surface area contributed by atoms with Gasteiger partial charge in [0.25, 0.3) is 0 Å². The summed E-state index contributed by atoms with van der Waals surface area (Å²) in [5.41, 5.74) is 8.08. The molecule has 108 valence electrons. The highest BCUT2D eigenvalue weighted by Crippen LogP contribution is 2.19. The number of nitrogens with two attached hydrogens (primary N) is 1. The van der Waals surface area contributed by atoms with Crippen molar-refractivity contribution in [2.75, 3.05) is 13.2 Å². The van der Waals surface area contributed by atoms with E-state index in [-0.39, 0.29) is 12.6 Å². The Labute approximate surface area is 120 Å². The first-order valence-electron chi connectivity index (χ1n) is 7.16. The number of fused-ring (bicyclic) bond motifs is 1. The van der Waals surface area contributed by atoms with Crippen LogP contribution in [0.4, 0.5) is 0 Å². The quantitative estimate of drug-likeness (QED) is 0.721. The number of rotatable bonds is 7. The SMILES string of the molecule is CC(CCCO)NC(CN)c1ccc2ncccc2c1. The summed E-state index contributed by atoms with van der Waals surface area (Å²) in [5, 5.41) is 13.5. The van der Waals surface area contributed by atoms with Crippen molar-refractivity contribution in [3.05, 3.63) is 42.1 Å². The number of hydrogen-bond donors (Lipinski definition) is 3. The Morgan fingerprint density at radius 3 is 2.95 bits per heavy atom. The van der Waals surface area contributed by atoms with Gasteiger partial charge in [0.05, 0.1) is 5.52 Å². The van der Waals surface area contributed by atoms with Crippen LogP contribution in [-0.4, -0.2) is 29.3 Å². The lowest BCUT2D eigenvalue weighted by molar-refractivity contribution is 0.274. The number of hydrogen-bond acceptors (Lipinski definition) is 4. The minimum absolute atomic E-state index is 0.133. The maximum absolute atomic E-state index is 8.88. The average Bonchev–Trinajstić information content (AvgIpc) is 2.50. The molecule has 0 radical (unpaired) electrons. The maximum Gasteiger partial charge on any atom is 0.0702 e. The highest BCUT2D eigenvalue weighted by atomic mass is 16.2. The number of benzene rings is 1. The Balaban J connectivity index is 2.12. The van der Waals surface area contributed by atoms with Crippen molar-refractivity contribution in [2.45, 2.75) is 31.8 Å². The van der Waals surface area contributed by atoms with E-state index in [2.05, 4.69) is 35.4 Å². The predicted molar refractivity (Wildman–Crippen MR) is 82.5 cm³/mol. The zero-order valence-electron chi connectivity index (χ0n) is 11.9. The molecule has 0 amide bonds. The van der Waals surface area contributed by atoms with Crippen LogP contribution in [0.25, 0.3) is 10.9 Å². The molecule has 0 bridgehead atoms. The van der Waals surface area contributed by atoms with Crippen LogP contribution in [0.5, 0.6) is 0 Å². The van der Waals surface area contributed by atoms with Gasteiger partial charge < -0.3 is 16.2 Å². The second-order valence-corrected chi connectivity index (χ2v) is 5.18. The molecule has 0 aliphatic rings. The van der Waals surface area contributed by atoms with Crippen LogP contribution < -0.4 is 11.1 Å². The number of aliphatic hydroxyl groups excluding tert-OH is 1. The number of aliphatic hydroxyl groups is 1. The van der Waals surface area contributed by atoms with Crippen LogP contribution in [0.1, 0.15) is 31.4 Å². The topological polar surface area (TPSA) is 71.2 Å². The van der Waals surface area contributed by atoms with Crippen LogP contribution in [0.2, 0.25) is 0 Å². The average molecular weight is 273 g/mol. The van der Waals surface area contributed by atoms with Gasteiger partial charge in [0, 0.05) is 36.8 Å². The first-order chi connectivity index (χ1) is 9.74. The third-order valence-corrected chi connectivity index (χ3v) is 3.55. The van der Waals surface area contributed by atoms with Crippen molar-refractivity contribution in [3.63, 3.8) is 0 Å². The zero-order chi connectivity index (χ0) is 14.4. The molecule has 0 spiro atoms. The van der Waals surface area contributed by atoms with Crippen molar-refractivity contribution >= 4 is 10.9 Å². The molecule has 0 saturated heterocycles. The minimum Gasteiger partial charge on any atom is -0.396 e. The molecule has 0 saturated carbocycles. The summed E-state index contributed by atoms with van der Waals surface area (Å²) in [6.07, 6.45) is 3.56. The van der Waals surface area contributed by atoms with Crippen molar-refractivity contribution in [3.8, 4) is 0 Å². The number of pyridine rings is 1. The van der Waals surface area contributed by atoms with E-state index in [1.165, 1.54) is 5.56 Å². The molecule has 20 heavy (non-hydrogen) atoms. The molecule has 0 aliphatic carbocycles. The smallest absolute Gasteiger partial charge is 0.0702 e. The Hall–Kier alpha value is -1.49. The second-order valence-electron chi connectivity index (χ2n) is 5.18. The lowest BCUT2D eigenvalue weighted by Crippen LogP contribution is -2.35. The minimum atomic E-state index is 0.133. The van der Waals surface area contributed by atoms with E-state index in [1.54, 1.807) is 6.20 Å². The van der Waals surface area contributed by atoms with E-state index < -0.39 is 0 Å². The normalized spacial score (nSPS) is 14.3. The molecular formula is C16H23N3O. The van der Waals surface area contributed by atoms with Crippen LogP contribution in [0.3, 0.4) is 0 Å². The van der Waals surface area contributed by atoms with Crippen molar-refractivity contribution in [2.24, 2.45) is 5.73 Å². The number of aromatic nitrogens is 1. The summed E-state index contributed by atoms with van der Waals surface area (Å²) in [7, 11) is 0. The molecule has 1 heterocycles. The molecule has 1 aromatic heterocycles. The number of nitrogens with one attached hydrogen (secondary N) is 1. The van der Waals surface area contributed by atoms with Gasteiger partial charge in [0.2, 0.25) is 0 Å². The van der Waals surface area contributed by atoms with Crippen LogP contribution in [-0.2, 0) is 0 Å². The lowest BCUT2D eigenvalue weighted by Gasteiger charge is -2.22.